The van der Waals surface area contributed by atoms with E-state index in [1.807, 2.05) is 41.3 Å². The van der Waals surface area contributed by atoms with Crippen molar-refractivity contribution in [1.82, 2.24) is 4.90 Å². The summed E-state index contributed by atoms with van der Waals surface area (Å²) in [4.78, 5) is 15.9. The average Bonchev–Trinajstić information content (AvgIpc) is 3.32. The first-order valence-electron chi connectivity index (χ1n) is 8.37. The molecule has 1 aromatic heterocycles. The Labute approximate surface area is 159 Å². The normalized spacial score (nSPS) is 17.2. The van der Waals surface area contributed by atoms with E-state index in [2.05, 4.69) is 33.4 Å². The summed E-state index contributed by atoms with van der Waals surface area (Å²) >= 11 is 5.33. The molecule has 1 saturated heterocycles. The number of hydrogen-bond donors (Lipinski definition) is 0. The lowest BCUT2D eigenvalue weighted by atomic mass is 10.1. The Kier molecular flexibility index (Phi) is 4.77. The Hall–Kier alpha value is -1.85. The standard InChI is InChI=1S/C20H18BrNO2S/c21-20-15-6-2-1-5-14(15)9-10-17(20)24-13-19(23)22-11-3-7-16(22)18-8-4-12-25-18/h1-2,4-6,8-10,12,16H,3,7,11,13H2. The smallest absolute Gasteiger partial charge is 0.261 e. The van der Waals surface area contributed by atoms with Crippen LogP contribution in [0.2, 0.25) is 0 Å². The zero-order valence-electron chi connectivity index (χ0n) is 13.7. The highest BCUT2D eigenvalue weighted by atomic mass is 79.9. The van der Waals surface area contributed by atoms with E-state index >= 15 is 0 Å². The van der Waals surface area contributed by atoms with E-state index < -0.39 is 0 Å². The van der Waals surface area contributed by atoms with Crippen molar-refractivity contribution < 1.29 is 9.53 Å². The topological polar surface area (TPSA) is 29.5 Å². The van der Waals surface area contributed by atoms with Gasteiger partial charge in [-0.25, -0.2) is 0 Å². The van der Waals surface area contributed by atoms with E-state index in [9.17, 15) is 4.79 Å². The van der Waals surface area contributed by atoms with Gasteiger partial charge in [0.2, 0.25) is 0 Å². The molecule has 0 aliphatic carbocycles. The van der Waals surface area contributed by atoms with Crippen LogP contribution in [0, 0.1) is 0 Å². The molecular formula is C20H18BrNO2S. The number of benzene rings is 2. The molecule has 3 nitrogen and oxygen atoms in total. The minimum atomic E-state index is 0.0518. The third kappa shape index (κ3) is 3.31. The number of carbonyl (C=O) groups excluding carboxylic acids is 1. The summed E-state index contributed by atoms with van der Waals surface area (Å²) in [6, 6.07) is 16.4. The SMILES string of the molecule is O=C(COc1ccc2ccccc2c1Br)N1CCCC1c1cccs1. The van der Waals surface area contributed by atoms with E-state index in [1.165, 1.54) is 4.88 Å². The van der Waals surface area contributed by atoms with Crippen molar-refractivity contribution in [3.63, 3.8) is 0 Å². The van der Waals surface area contributed by atoms with Crippen LogP contribution in [-0.4, -0.2) is 24.0 Å². The summed E-state index contributed by atoms with van der Waals surface area (Å²) < 4.78 is 6.75. The van der Waals surface area contributed by atoms with Crippen molar-refractivity contribution >= 4 is 43.9 Å². The molecular weight excluding hydrogens is 398 g/mol. The van der Waals surface area contributed by atoms with Crippen LogP contribution in [-0.2, 0) is 4.79 Å². The summed E-state index contributed by atoms with van der Waals surface area (Å²) in [6.45, 7) is 0.877. The maximum Gasteiger partial charge on any atom is 0.261 e. The third-order valence-corrected chi connectivity index (χ3v) is 6.42. The molecule has 2 heterocycles. The van der Waals surface area contributed by atoms with Gasteiger partial charge in [0.25, 0.3) is 5.91 Å². The van der Waals surface area contributed by atoms with Crippen LogP contribution >= 0.6 is 27.3 Å². The second-order valence-electron chi connectivity index (χ2n) is 6.15. The minimum Gasteiger partial charge on any atom is -0.483 e. The lowest BCUT2D eigenvalue weighted by Crippen LogP contribution is -2.34. The summed E-state index contributed by atoms with van der Waals surface area (Å²) in [5, 5.41) is 4.30. The molecule has 128 valence electrons. The van der Waals surface area contributed by atoms with Crippen LogP contribution in [0.15, 0.2) is 58.4 Å². The molecule has 25 heavy (non-hydrogen) atoms. The van der Waals surface area contributed by atoms with Gasteiger partial charge in [0, 0.05) is 11.4 Å². The Balaban J connectivity index is 1.48. The molecule has 1 unspecified atom stereocenters. The van der Waals surface area contributed by atoms with Crippen molar-refractivity contribution in [1.29, 1.82) is 0 Å². The largest absolute Gasteiger partial charge is 0.483 e. The van der Waals surface area contributed by atoms with Gasteiger partial charge in [0.1, 0.15) is 5.75 Å². The molecule has 0 N–H and O–H groups in total. The number of fused-ring (bicyclic) bond motifs is 1. The van der Waals surface area contributed by atoms with E-state index in [-0.39, 0.29) is 18.6 Å². The fourth-order valence-electron chi connectivity index (χ4n) is 3.39. The Bertz CT molecular complexity index is 894. The second kappa shape index (κ2) is 7.18. The van der Waals surface area contributed by atoms with Crippen LogP contribution in [0.5, 0.6) is 5.75 Å². The molecule has 0 radical (unpaired) electrons. The van der Waals surface area contributed by atoms with Gasteiger partial charge in [-0.2, -0.15) is 0 Å². The van der Waals surface area contributed by atoms with E-state index in [0.717, 1.165) is 34.6 Å². The lowest BCUT2D eigenvalue weighted by molar-refractivity contribution is -0.134. The summed E-state index contributed by atoms with van der Waals surface area (Å²) in [7, 11) is 0. The van der Waals surface area contributed by atoms with E-state index in [4.69, 9.17) is 4.74 Å². The number of halogens is 1. The fourth-order valence-corrected chi connectivity index (χ4v) is 4.87. The first-order valence-corrected chi connectivity index (χ1v) is 10.0. The van der Waals surface area contributed by atoms with Gasteiger partial charge in [-0.05, 0) is 57.1 Å². The second-order valence-corrected chi connectivity index (χ2v) is 7.92. The van der Waals surface area contributed by atoms with Gasteiger partial charge < -0.3 is 9.64 Å². The van der Waals surface area contributed by atoms with Crippen LogP contribution < -0.4 is 4.74 Å². The fraction of sp³-hybridized carbons (Fsp3) is 0.250. The number of carbonyl (C=O) groups is 1. The van der Waals surface area contributed by atoms with Crippen molar-refractivity contribution in [2.24, 2.45) is 0 Å². The summed E-state index contributed by atoms with van der Waals surface area (Å²) in [6.07, 6.45) is 2.08. The molecule has 1 amide bonds. The zero-order valence-corrected chi connectivity index (χ0v) is 16.1. The van der Waals surface area contributed by atoms with Gasteiger partial charge in [0.05, 0.1) is 10.5 Å². The third-order valence-electron chi connectivity index (χ3n) is 4.62. The molecule has 3 aromatic rings. The predicted molar refractivity (Wildman–Crippen MR) is 105 cm³/mol. The molecule has 1 aliphatic rings. The predicted octanol–water partition coefficient (Wildman–Crippen LogP) is 5.41. The van der Waals surface area contributed by atoms with Crippen LogP contribution in [0.4, 0.5) is 0 Å². The van der Waals surface area contributed by atoms with Gasteiger partial charge in [0.15, 0.2) is 6.61 Å². The van der Waals surface area contributed by atoms with Gasteiger partial charge in [-0.15, -0.1) is 11.3 Å². The number of rotatable bonds is 4. The molecule has 4 rings (SSSR count). The number of ether oxygens (including phenoxy) is 1. The Morgan fingerprint density at radius 2 is 2.08 bits per heavy atom. The first-order chi connectivity index (χ1) is 12.2. The molecule has 0 saturated carbocycles. The maximum absolute atomic E-state index is 12.7. The van der Waals surface area contributed by atoms with Crippen LogP contribution in [0.3, 0.4) is 0 Å². The van der Waals surface area contributed by atoms with Crippen LogP contribution in [0.25, 0.3) is 10.8 Å². The molecule has 0 spiro atoms. The zero-order chi connectivity index (χ0) is 17.2. The molecule has 1 fully saturated rings. The highest BCUT2D eigenvalue weighted by Gasteiger charge is 2.30. The number of amides is 1. The van der Waals surface area contributed by atoms with Crippen LogP contribution in [0.1, 0.15) is 23.8 Å². The first kappa shape index (κ1) is 16.6. The van der Waals surface area contributed by atoms with Crippen molar-refractivity contribution in [2.45, 2.75) is 18.9 Å². The number of hydrogen-bond acceptors (Lipinski definition) is 3. The molecule has 0 bridgehead atoms. The van der Waals surface area contributed by atoms with Crippen molar-refractivity contribution in [3.8, 4) is 5.75 Å². The minimum absolute atomic E-state index is 0.0518. The average molecular weight is 416 g/mol. The molecule has 1 atom stereocenters. The van der Waals surface area contributed by atoms with E-state index in [1.54, 1.807) is 11.3 Å². The summed E-state index contributed by atoms with van der Waals surface area (Å²) in [5.41, 5.74) is 0. The highest BCUT2D eigenvalue weighted by molar-refractivity contribution is 9.10. The Morgan fingerprint density at radius 1 is 1.20 bits per heavy atom. The van der Waals surface area contributed by atoms with Gasteiger partial charge >= 0.3 is 0 Å². The molecule has 2 aromatic carbocycles. The van der Waals surface area contributed by atoms with Crippen molar-refractivity contribution in [2.75, 3.05) is 13.2 Å². The van der Waals surface area contributed by atoms with Crippen molar-refractivity contribution in [3.05, 3.63) is 63.3 Å². The quantitative estimate of drug-likeness (QED) is 0.570. The summed E-state index contributed by atoms with van der Waals surface area (Å²) in [5.74, 6) is 0.759. The van der Waals surface area contributed by atoms with Gasteiger partial charge in [-0.3, -0.25) is 4.79 Å². The maximum atomic E-state index is 12.7. The number of likely N-dealkylation sites (tertiary alicyclic amines) is 1. The van der Waals surface area contributed by atoms with E-state index in [0.29, 0.717) is 5.75 Å². The monoisotopic (exact) mass is 415 g/mol. The van der Waals surface area contributed by atoms with Gasteiger partial charge in [-0.1, -0.05) is 36.4 Å². The molecule has 5 heteroatoms. The number of nitrogens with zero attached hydrogens (tertiary/aromatic N) is 1. The lowest BCUT2D eigenvalue weighted by Gasteiger charge is -2.24. The highest BCUT2D eigenvalue weighted by Crippen LogP contribution is 2.35. The number of thiophene rings is 1. The molecule has 1 aliphatic heterocycles. The Morgan fingerprint density at radius 3 is 2.92 bits per heavy atom.